The number of nitro benzene ring substituents is 1. The summed E-state index contributed by atoms with van der Waals surface area (Å²) in [6.07, 6.45) is -1.10. The fraction of sp³-hybridized carbons (Fsp3) is 0.261. The van der Waals surface area contributed by atoms with Crippen LogP contribution in [0.25, 0.3) is 11.3 Å². The fourth-order valence-corrected chi connectivity index (χ4v) is 3.63. The molecule has 0 saturated heterocycles. The van der Waals surface area contributed by atoms with Crippen LogP contribution in [-0.2, 0) is 9.53 Å². The predicted molar refractivity (Wildman–Crippen MR) is 126 cm³/mol. The third kappa shape index (κ3) is 6.07. The Hall–Kier alpha value is -3.99. The lowest BCUT2D eigenvalue weighted by Gasteiger charge is -2.14. The van der Waals surface area contributed by atoms with Crippen LogP contribution in [0.1, 0.15) is 31.1 Å². The molecule has 1 heterocycles. The van der Waals surface area contributed by atoms with Crippen LogP contribution in [0.5, 0.6) is 11.5 Å². The van der Waals surface area contributed by atoms with E-state index in [1.807, 2.05) is 13.8 Å². The lowest BCUT2D eigenvalue weighted by molar-refractivity contribution is -0.384. The predicted octanol–water partition coefficient (Wildman–Crippen LogP) is 4.70. The van der Waals surface area contributed by atoms with E-state index in [4.69, 9.17) is 14.2 Å². The summed E-state index contributed by atoms with van der Waals surface area (Å²) in [5, 5.41) is 15.5. The highest BCUT2D eigenvalue weighted by Crippen LogP contribution is 2.29. The maximum atomic E-state index is 12.5. The fourth-order valence-electron chi connectivity index (χ4n) is 2.91. The molecule has 2 aromatic carbocycles. The highest BCUT2D eigenvalue weighted by atomic mass is 32.1. The number of hydrogen-bond acceptors (Lipinski definition) is 9. The van der Waals surface area contributed by atoms with E-state index in [1.165, 1.54) is 31.2 Å². The second-order valence-electron chi connectivity index (χ2n) is 6.91. The van der Waals surface area contributed by atoms with Crippen molar-refractivity contribution >= 4 is 34.0 Å². The van der Waals surface area contributed by atoms with Gasteiger partial charge in [0.15, 0.2) is 22.7 Å². The van der Waals surface area contributed by atoms with Crippen molar-refractivity contribution in [3.8, 4) is 22.8 Å². The zero-order valence-corrected chi connectivity index (χ0v) is 19.6. The largest absolute Gasteiger partial charge is 0.490 e. The van der Waals surface area contributed by atoms with Crippen LogP contribution in [0.4, 0.5) is 10.8 Å². The van der Waals surface area contributed by atoms with Crippen molar-refractivity contribution in [2.75, 3.05) is 18.5 Å². The number of amides is 1. The Bertz CT molecular complexity index is 1190. The van der Waals surface area contributed by atoms with Gasteiger partial charge < -0.3 is 14.2 Å². The number of thiazole rings is 1. The number of non-ortho nitro benzene ring substituents is 1. The van der Waals surface area contributed by atoms with E-state index in [9.17, 15) is 19.7 Å². The SMILES string of the molecule is CCOc1ccc(C(=O)O[C@@H](C)C(=O)Nc2nc(-c3cccc([N+](=O)[O-])c3)cs2)cc1OCC. The first-order valence-corrected chi connectivity index (χ1v) is 11.3. The standard InChI is InChI=1S/C23H23N3O7S/c1-4-31-19-10-9-16(12-20(19)32-5-2)22(28)33-14(3)21(27)25-23-24-18(13-34-23)15-7-6-8-17(11-15)26(29)30/h6-14H,4-5H2,1-3H3,(H,24,25,27)/t14-/m0/s1. The van der Waals surface area contributed by atoms with E-state index in [0.717, 1.165) is 11.3 Å². The van der Waals surface area contributed by atoms with Gasteiger partial charge in [0.25, 0.3) is 11.6 Å². The minimum absolute atomic E-state index is 0.0570. The van der Waals surface area contributed by atoms with Gasteiger partial charge in [-0.3, -0.25) is 20.2 Å². The van der Waals surface area contributed by atoms with Gasteiger partial charge in [0.05, 0.1) is 29.4 Å². The topological polar surface area (TPSA) is 130 Å². The van der Waals surface area contributed by atoms with E-state index in [-0.39, 0.29) is 16.4 Å². The van der Waals surface area contributed by atoms with Crippen LogP contribution < -0.4 is 14.8 Å². The number of nitro groups is 1. The van der Waals surface area contributed by atoms with Crippen molar-refractivity contribution in [2.24, 2.45) is 0 Å². The van der Waals surface area contributed by atoms with E-state index in [0.29, 0.717) is 36.0 Å². The smallest absolute Gasteiger partial charge is 0.339 e. The zero-order chi connectivity index (χ0) is 24.7. The van der Waals surface area contributed by atoms with Gasteiger partial charge in [-0.25, -0.2) is 9.78 Å². The summed E-state index contributed by atoms with van der Waals surface area (Å²) in [4.78, 5) is 39.8. The van der Waals surface area contributed by atoms with Gasteiger partial charge in [0.2, 0.25) is 0 Å². The summed E-state index contributed by atoms with van der Waals surface area (Å²) >= 11 is 1.15. The summed E-state index contributed by atoms with van der Waals surface area (Å²) in [5.74, 6) is -0.338. The molecular weight excluding hydrogens is 462 g/mol. The Morgan fingerprint density at radius 2 is 1.85 bits per heavy atom. The summed E-state index contributed by atoms with van der Waals surface area (Å²) in [5.41, 5.74) is 1.18. The molecule has 0 aliphatic rings. The molecule has 10 nitrogen and oxygen atoms in total. The minimum atomic E-state index is -1.10. The van der Waals surface area contributed by atoms with Gasteiger partial charge in [-0.2, -0.15) is 0 Å². The molecule has 1 atom stereocenters. The van der Waals surface area contributed by atoms with Crippen molar-refractivity contribution in [3.05, 3.63) is 63.5 Å². The number of anilines is 1. The number of nitrogens with one attached hydrogen (secondary N) is 1. The third-order valence-corrected chi connectivity index (χ3v) is 5.28. The number of ether oxygens (including phenoxy) is 3. The molecule has 3 aromatic rings. The molecule has 0 unspecified atom stereocenters. The molecule has 1 N–H and O–H groups in total. The van der Waals surface area contributed by atoms with Gasteiger partial charge in [-0.1, -0.05) is 12.1 Å². The number of benzene rings is 2. The quantitative estimate of drug-likeness (QED) is 0.248. The van der Waals surface area contributed by atoms with Gasteiger partial charge in [-0.15, -0.1) is 11.3 Å². The molecule has 0 spiro atoms. The molecule has 0 radical (unpaired) electrons. The second-order valence-corrected chi connectivity index (χ2v) is 7.77. The summed E-state index contributed by atoms with van der Waals surface area (Å²) < 4.78 is 16.3. The van der Waals surface area contributed by atoms with Gasteiger partial charge in [-0.05, 0) is 39.0 Å². The Balaban J connectivity index is 1.64. The summed E-state index contributed by atoms with van der Waals surface area (Å²) in [7, 11) is 0. The number of esters is 1. The molecule has 1 aromatic heterocycles. The van der Waals surface area contributed by atoms with Crippen molar-refractivity contribution in [1.82, 2.24) is 4.98 Å². The van der Waals surface area contributed by atoms with E-state index < -0.39 is 22.9 Å². The van der Waals surface area contributed by atoms with Crippen LogP contribution in [0.3, 0.4) is 0 Å². The third-order valence-electron chi connectivity index (χ3n) is 4.52. The van der Waals surface area contributed by atoms with Crippen molar-refractivity contribution in [2.45, 2.75) is 26.9 Å². The molecule has 1 amide bonds. The van der Waals surface area contributed by atoms with Crippen LogP contribution in [-0.4, -0.2) is 41.1 Å². The molecule has 3 rings (SSSR count). The summed E-state index contributed by atoms with van der Waals surface area (Å²) in [6, 6.07) is 10.7. The number of aromatic nitrogens is 1. The molecule has 0 aliphatic heterocycles. The van der Waals surface area contributed by atoms with Crippen molar-refractivity contribution in [3.63, 3.8) is 0 Å². The molecule has 0 aliphatic carbocycles. The van der Waals surface area contributed by atoms with E-state index in [1.54, 1.807) is 23.6 Å². The van der Waals surface area contributed by atoms with E-state index in [2.05, 4.69) is 10.3 Å². The van der Waals surface area contributed by atoms with Crippen LogP contribution in [0.2, 0.25) is 0 Å². The van der Waals surface area contributed by atoms with Gasteiger partial charge in [0.1, 0.15) is 0 Å². The molecular formula is C23H23N3O7S. The highest BCUT2D eigenvalue weighted by molar-refractivity contribution is 7.14. The normalized spacial score (nSPS) is 11.4. The Morgan fingerprint density at radius 3 is 2.56 bits per heavy atom. The number of nitrogens with zero attached hydrogens (tertiary/aromatic N) is 2. The lowest BCUT2D eigenvalue weighted by Crippen LogP contribution is -2.30. The molecule has 0 bridgehead atoms. The van der Waals surface area contributed by atoms with Crippen LogP contribution in [0, 0.1) is 10.1 Å². The molecule has 11 heteroatoms. The Labute approximate surface area is 199 Å². The average molecular weight is 486 g/mol. The van der Waals surface area contributed by atoms with Gasteiger partial charge >= 0.3 is 5.97 Å². The molecule has 34 heavy (non-hydrogen) atoms. The first-order chi connectivity index (χ1) is 16.3. The van der Waals surface area contributed by atoms with Crippen LogP contribution in [0.15, 0.2) is 47.8 Å². The number of carbonyl (C=O) groups is 2. The maximum absolute atomic E-state index is 12.5. The number of hydrogen-bond donors (Lipinski definition) is 1. The minimum Gasteiger partial charge on any atom is -0.490 e. The van der Waals surface area contributed by atoms with Crippen molar-refractivity contribution < 1.29 is 28.7 Å². The molecule has 178 valence electrons. The van der Waals surface area contributed by atoms with Gasteiger partial charge in [0, 0.05) is 23.1 Å². The first kappa shape index (κ1) is 24.6. The zero-order valence-electron chi connectivity index (χ0n) is 18.8. The average Bonchev–Trinajstić information content (AvgIpc) is 3.29. The first-order valence-electron chi connectivity index (χ1n) is 10.4. The number of rotatable bonds is 10. The van der Waals surface area contributed by atoms with E-state index >= 15 is 0 Å². The summed E-state index contributed by atoms with van der Waals surface area (Å²) in [6.45, 7) is 5.94. The maximum Gasteiger partial charge on any atom is 0.339 e. The Kier molecular flexibility index (Phi) is 8.14. The Morgan fingerprint density at radius 1 is 1.12 bits per heavy atom. The highest BCUT2D eigenvalue weighted by Gasteiger charge is 2.21. The molecule has 0 fully saturated rings. The lowest BCUT2D eigenvalue weighted by atomic mass is 10.1. The van der Waals surface area contributed by atoms with Crippen molar-refractivity contribution in [1.29, 1.82) is 0 Å². The number of carbonyl (C=O) groups excluding carboxylic acids is 2. The van der Waals surface area contributed by atoms with Crippen LogP contribution >= 0.6 is 11.3 Å². The molecule has 0 saturated carbocycles. The monoisotopic (exact) mass is 485 g/mol. The second kappa shape index (κ2) is 11.2.